The van der Waals surface area contributed by atoms with Gasteiger partial charge in [-0.1, -0.05) is 0 Å². The molecule has 2 N–H and O–H groups in total. The normalized spacial score (nSPS) is 11.2. The highest BCUT2D eigenvalue weighted by molar-refractivity contribution is 14.1. The van der Waals surface area contributed by atoms with Crippen LogP contribution in [-0.4, -0.2) is 29.3 Å². The van der Waals surface area contributed by atoms with Crippen LogP contribution in [0, 0.1) is 3.57 Å². The van der Waals surface area contributed by atoms with Crippen LogP contribution in [0.5, 0.6) is 0 Å². The molecule has 0 atom stereocenters. The molecule has 3 rings (SSSR count). The zero-order valence-corrected chi connectivity index (χ0v) is 12.2. The van der Waals surface area contributed by atoms with Crippen molar-refractivity contribution >= 4 is 39.6 Å². The molecule has 8 heteroatoms. The van der Waals surface area contributed by atoms with Gasteiger partial charge in [-0.15, -0.1) is 0 Å². The molecule has 19 heavy (non-hydrogen) atoms. The van der Waals surface area contributed by atoms with Gasteiger partial charge in [-0.25, -0.2) is 15.0 Å². The first-order valence-electron chi connectivity index (χ1n) is 5.83. The highest BCUT2D eigenvalue weighted by atomic mass is 127. The SMILES string of the molecule is Nc1ncnc2c1ncn2CCCn1cc(I)cn1. The topological polar surface area (TPSA) is 87.4 Å². The zero-order valence-electron chi connectivity index (χ0n) is 10.1. The van der Waals surface area contributed by atoms with Crippen molar-refractivity contribution in [3.05, 3.63) is 28.6 Å². The largest absolute Gasteiger partial charge is 0.382 e. The standard InChI is InChI=1S/C11H12IN7/c12-8-4-17-19(5-8)3-1-2-18-7-16-9-10(13)14-6-15-11(9)18/h4-7H,1-3H2,(H2,13,14,15). The van der Waals surface area contributed by atoms with Crippen LogP contribution < -0.4 is 5.73 Å². The number of aromatic nitrogens is 6. The molecule has 0 bridgehead atoms. The fraction of sp³-hybridized carbons (Fsp3) is 0.273. The lowest BCUT2D eigenvalue weighted by atomic mass is 10.4. The molecule has 0 radical (unpaired) electrons. The van der Waals surface area contributed by atoms with E-state index in [0.717, 1.165) is 28.7 Å². The van der Waals surface area contributed by atoms with Crippen molar-refractivity contribution in [2.75, 3.05) is 5.73 Å². The molecule has 7 nitrogen and oxygen atoms in total. The summed E-state index contributed by atoms with van der Waals surface area (Å²) < 4.78 is 5.07. The summed E-state index contributed by atoms with van der Waals surface area (Å²) in [5.41, 5.74) is 7.19. The first-order chi connectivity index (χ1) is 9.24. The number of nitrogens with two attached hydrogens (primary N) is 1. The van der Waals surface area contributed by atoms with Crippen LogP contribution in [0.1, 0.15) is 6.42 Å². The molecular weight excluding hydrogens is 357 g/mol. The van der Waals surface area contributed by atoms with Crippen LogP contribution in [0.2, 0.25) is 0 Å². The third-order valence-electron chi connectivity index (χ3n) is 2.82. The third kappa shape index (κ3) is 2.53. The van der Waals surface area contributed by atoms with Crippen LogP contribution in [0.25, 0.3) is 11.2 Å². The van der Waals surface area contributed by atoms with Gasteiger partial charge in [-0.2, -0.15) is 5.10 Å². The number of imidazole rings is 1. The first kappa shape index (κ1) is 12.3. The Balaban J connectivity index is 1.70. The number of nitrogen functional groups attached to an aromatic ring is 1. The highest BCUT2D eigenvalue weighted by Crippen LogP contribution is 2.14. The fourth-order valence-electron chi connectivity index (χ4n) is 1.93. The summed E-state index contributed by atoms with van der Waals surface area (Å²) in [7, 11) is 0. The quantitative estimate of drug-likeness (QED) is 0.701. The monoisotopic (exact) mass is 369 g/mol. The summed E-state index contributed by atoms with van der Waals surface area (Å²) >= 11 is 2.25. The van der Waals surface area contributed by atoms with E-state index in [1.54, 1.807) is 6.33 Å². The van der Waals surface area contributed by atoms with Crippen molar-refractivity contribution in [2.45, 2.75) is 19.5 Å². The van der Waals surface area contributed by atoms with E-state index in [0.29, 0.717) is 11.3 Å². The fourth-order valence-corrected chi connectivity index (χ4v) is 2.37. The molecule has 98 valence electrons. The van der Waals surface area contributed by atoms with Crippen LogP contribution >= 0.6 is 22.6 Å². The second kappa shape index (κ2) is 5.11. The Bertz CT molecular complexity index is 702. The van der Waals surface area contributed by atoms with E-state index in [1.165, 1.54) is 6.33 Å². The molecule has 0 spiro atoms. The summed E-state index contributed by atoms with van der Waals surface area (Å²) in [6.07, 6.45) is 8.04. The van der Waals surface area contributed by atoms with Gasteiger partial charge in [0.05, 0.1) is 16.1 Å². The summed E-state index contributed by atoms with van der Waals surface area (Å²) in [5.74, 6) is 0.422. The molecule has 0 saturated heterocycles. The van der Waals surface area contributed by atoms with E-state index in [2.05, 4.69) is 42.6 Å². The van der Waals surface area contributed by atoms with E-state index < -0.39 is 0 Å². The second-order valence-corrected chi connectivity index (χ2v) is 5.39. The molecule has 0 aliphatic carbocycles. The highest BCUT2D eigenvalue weighted by Gasteiger charge is 2.07. The molecular formula is C11H12IN7. The van der Waals surface area contributed by atoms with E-state index in [9.17, 15) is 0 Å². The molecule has 0 unspecified atom stereocenters. The van der Waals surface area contributed by atoms with Gasteiger partial charge in [0.2, 0.25) is 0 Å². The van der Waals surface area contributed by atoms with Crippen LogP contribution in [-0.2, 0) is 13.1 Å². The molecule has 3 aromatic heterocycles. The number of anilines is 1. The number of rotatable bonds is 4. The molecule has 0 aromatic carbocycles. The summed E-state index contributed by atoms with van der Waals surface area (Å²) in [6.45, 7) is 1.69. The second-order valence-electron chi connectivity index (χ2n) is 4.14. The van der Waals surface area contributed by atoms with Gasteiger partial charge < -0.3 is 10.3 Å². The molecule has 0 aliphatic rings. The van der Waals surface area contributed by atoms with Crippen molar-refractivity contribution in [1.82, 2.24) is 29.3 Å². The lowest BCUT2D eigenvalue weighted by Crippen LogP contribution is -2.04. The van der Waals surface area contributed by atoms with Crippen molar-refractivity contribution in [3.63, 3.8) is 0 Å². The first-order valence-corrected chi connectivity index (χ1v) is 6.91. The number of fused-ring (bicyclic) bond motifs is 1. The lowest BCUT2D eigenvalue weighted by molar-refractivity contribution is 0.531. The minimum atomic E-state index is 0.422. The van der Waals surface area contributed by atoms with Gasteiger partial charge in [0.1, 0.15) is 11.8 Å². The van der Waals surface area contributed by atoms with Crippen molar-refractivity contribution in [2.24, 2.45) is 0 Å². The van der Waals surface area contributed by atoms with Gasteiger partial charge in [0.15, 0.2) is 11.5 Å². The number of hydrogen-bond acceptors (Lipinski definition) is 5. The number of aryl methyl sites for hydroxylation is 2. The molecule has 0 aliphatic heterocycles. The Hall–Kier alpha value is -1.71. The van der Waals surface area contributed by atoms with Crippen molar-refractivity contribution in [3.8, 4) is 0 Å². The maximum Gasteiger partial charge on any atom is 0.165 e. The van der Waals surface area contributed by atoms with Gasteiger partial charge in [0.25, 0.3) is 0 Å². The van der Waals surface area contributed by atoms with Crippen molar-refractivity contribution < 1.29 is 0 Å². The van der Waals surface area contributed by atoms with Gasteiger partial charge in [0, 0.05) is 19.3 Å². The lowest BCUT2D eigenvalue weighted by Gasteiger charge is -2.04. The Morgan fingerprint density at radius 2 is 2.11 bits per heavy atom. The maximum absolute atomic E-state index is 5.75. The summed E-state index contributed by atoms with van der Waals surface area (Å²) in [5, 5.41) is 4.25. The Labute approximate surface area is 123 Å². The van der Waals surface area contributed by atoms with Gasteiger partial charge in [-0.3, -0.25) is 4.68 Å². The van der Waals surface area contributed by atoms with Crippen LogP contribution in [0.15, 0.2) is 25.0 Å². The Kier molecular flexibility index (Phi) is 3.32. The van der Waals surface area contributed by atoms with E-state index >= 15 is 0 Å². The molecule has 0 saturated carbocycles. The van der Waals surface area contributed by atoms with Crippen LogP contribution in [0.3, 0.4) is 0 Å². The average Bonchev–Trinajstić information content (AvgIpc) is 2.98. The Morgan fingerprint density at radius 3 is 2.89 bits per heavy atom. The maximum atomic E-state index is 5.75. The van der Waals surface area contributed by atoms with Gasteiger partial charge >= 0.3 is 0 Å². The minimum Gasteiger partial charge on any atom is -0.382 e. The average molecular weight is 369 g/mol. The van der Waals surface area contributed by atoms with E-state index in [-0.39, 0.29) is 0 Å². The number of hydrogen-bond donors (Lipinski definition) is 1. The Morgan fingerprint density at radius 1 is 1.21 bits per heavy atom. The summed E-state index contributed by atoms with van der Waals surface area (Å²) in [4.78, 5) is 12.4. The molecule has 0 amide bonds. The molecule has 3 aromatic rings. The molecule has 3 heterocycles. The zero-order chi connectivity index (χ0) is 13.2. The molecule has 0 fully saturated rings. The number of halogens is 1. The predicted octanol–water partition coefficient (Wildman–Crippen LogP) is 1.30. The van der Waals surface area contributed by atoms with E-state index in [4.69, 9.17) is 5.73 Å². The van der Waals surface area contributed by atoms with Crippen molar-refractivity contribution in [1.29, 1.82) is 0 Å². The smallest absolute Gasteiger partial charge is 0.165 e. The number of nitrogens with zero attached hydrogens (tertiary/aromatic N) is 6. The third-order valence-corrected chi connectivity index (χ3v) is 3.37. The minimum absolute atomic E-state index is 0.422. The predicted molar refractivity (Wildman–Crippen MR) is 79.3 cm³/mol. The summed E-state index contributed by atoms with van der Waals surface area (Å²) in [6, 6.07) is 0. The van der Waals surface area contributed by atoms with Crippen LogP contribution in [0.4, 0.5) is 5.82 Å². The van der Waals surface area contributed by atoms with E-state index in [1.807, 2.05) is 21.6 Å². The van der Waals surface area contributed by atoms with Gasteiger partial charge in [-0.05, 0) is 29.0 Å².